The molecule has 3 nitrogen and oxygen atoms in total. The van der Waals surface area contributed by atoms with Crippen LogP contribution in [0.5, 0.6) is 0 Å². The molecule has 2 N–H and O–H groups in total. The Kier molecular flexibility index (Phi) is 4.26. The number of hydrogen-bond donors (Lipinski definition) is 1. The number of thiophene rings is 1. The van der Waals surface area contributed by atoms with Crippen LogP contribution in [0.2, 0.25) is 0 Å². The lowest BCUT2D eigenvalue weighted by Crippen LogP contribution is -2.50. The van der Waals surface area contributed by atoms with Gasteiger partial charge in [0, 0.05) is 29.0 Å². The topological polar surface area (TPSA) is 38.5 Å². The Labute approximate surface area is 115 Å². The molecule has 0 aromatic carbocycles. The fraction of sp³-hybridized carbons (Fsp3) is 0.667. The first-order chi connectivity index (χ1) is 8.03. The summed E-state index contributed by atoms with van der Waals surface area (Å²) in [6, 6.07) is 2.39. The van der Waals surface area contributed by atoms with Gasteiger partial charge in [0.25, 0.3) is 0 Å². The molecule has 0 aliphatic carbocycles. The highest BCUT2D eigenvalue weighted by atomic mass is 79.9. The molecule has 1 saturated heterocycles. The number of halogens is 1. The van der Waals surface area contributed by atoms with Crippen molar-refractivity contribution in [2.45, 2.75) is 25.5 Å². The summed E-state index contributed by atoms with van der Waals surface area (Å²) >= 11 is 5.37. The number of morpholine rings is 1. The first-order valence-electron chi connectivity index (χ1n) is 5.84. The molecule has 0 radical (unpaired) electrons. The van der Waals surface area contributed by atoms with Crippen LogP contribution in [0.1, 0.15) is 24.8 Å². The van der Waals surface area contributed by atoms with Crippen LogP contribution in [-0.2, 0) is 4.74 Å². The minimum atomic E-state index is -0.0740. The molecule has 2 rings (SSSR count). The monoisotopic (exact) mass is 318 g/mol. The van der Waals surface area contributed by atoms with E-state index in [2.05, 4.69) is 46.1 Å². The van der Waals surface area contributed by atoms with Crippen molar-refractivity contribution >= 4 is 27.3 Å². The predicted octanol–water partition coefficient (Wildman–Crippen LogP) is 2.62. The van der Waals surface area contributed by atoms with Crippen molar-refractivity contribution < 1.29 is 4.74 Å². The summed E-state index contributed by atoms with van der Waals surface area (Å²) in [6.07, 6.45) is 0. The summed E-state index contributed by atoms with van der Waals surface area (Å²) in [5.74, 6) is 0. The lowest BCUT2D eigenvalue weighted by Gasteiger charge is -2.41. The summed E-state index contributed by atoms with van der Waals surface area (Å²) in [7, 11) is 0. The van der Waals surface area contributed by atoms with E-state index < -0.39 is 0 Å². The summed E-state index contributed by atoms with van der Waals surface area (Å²) < 4.78 is 6.92. The molecule has 2 heterocycles. The molecule has 0 bridgehead atoms. The number of rotatable bonds is 3. The Bertz CT molecular complexity index is 380. The smallest absolute Gasteiger partial charge is 0.0753 e. The van der Waals surface area contributed by atoms with E-state index in [0.29, 0.717) is 12.6 Å². The molecule has 1 unspecified atom stereocenters. The molecule has 17 heavy (non-hydrogen) atoms. The maximum atomic E-state index is 5.96. The minimum absolute atomic E-state index is 0.0740. The van der Waals surface area contributed by atoms with Crippen LogP contribution >= 0.6 is 27.3 Å². The van der Waals surface area contributed by atoms with Gasteiger partial charge in [0.2, 0.25) is 0 Å². The summed E-state index contributed by atoms with van der Waals surface area (Å²) in [4.78, 5) is 3.75. The lowest BCUT2D eigenvalue weighted by molar-refractivity contribution is -0.0964. The van der Waals surface area contributed by atoms with Crippen molar-refractivity contribution in [3.8, 4) is 0 Å². The van der Waals surface area contributed by atoms with Crippen molar-refractivity contribution in [2.75, 3.05) is 26.2 Å². The highest BCUT2D eigenvalue weighted by molar-refractivity contribution is 9.10. The van der Waals surface area contributed by atoms with Crippen molar-refractivity contribution in [2.24, 2.45) is 5.73 Å². The second kappa shape index (κ2) is 5.36. The van der Waals surface area contributed by atoms with Gasteiger partial charge in [0.05, 0.1) is 18.2 Å². The third-order valence-corrected chi connectivity index (χ3v) is 5.04. The second-order valence-corrected chi connectivity index (χ2v) is 6.76. The van der Waals surface area contributed by atoms with Gasteiger partial charge in [-0.1, -0.05) is 0 Å². The Morgan fingerprint density at radius 1 is 1.65 bits per heavy atom. The van der Waals surface area contributed by atoms with Gasteiger partial charge in [-0.2, -0.15) is 0 Å². The molecule has 1 fully saturated rings. The van der Waals surface area contributed by atoms with E-state index in [9.17, 15) is 0 Å². The van der Waals surface area contributed by atoms with Gasteiger partial charge >= 0.3 is 0 Å². The van der Waals surface area contributed by atoms with Crippen LogP contribution in [-0.4, -0.2) is 36.7 Å². The standard InChI is InChI=1S/C12H19BrN2OS/c1-12(2)8-15(4-5-16-12)10(7-14)11-9(13)3-6-17-11/h3,6,10H,4-5,7-8,14H2,1-2H3. The second-order valence-electron chi connectivity index (χ2n) is 4.96. The van der Waals surface area contributed by atoms with Gasteiger partial charge in [-0.3, -0.25) is 4.90 Å². The zero-order valence-electron chi connectivity index (χ0n) is 10.3. The van der Waals surface area contributed by atoms with Gasteiger partial charge < -0.3 is 10.5 Å². The number of hydrogen-bond acceptors (Lipinski definition) is 4. The van der Waals surface area contributed by atoms with Crippen molar-refractivity contribution in [1.29, 1.82) is 0 Å². The molecule has 1 aliphatic rings. The fourth-order valence-electron chi connectivity index (χ4n) is 2.28. The number of nitrogens with zero attached hydrogens (tertiary/aromatic N) is 1. The van der Waals surface area contributed by atoms with E-state index in [1.165, 1.54) is 9.35 Å². The van der Waals surface area contributed by atoms with Gasteiger partial charge in [-0.15, -0.1) is 11.3 Å². The quantitative estimate of drug-likeness (QED) is 0.931. The fourth-order valence-corrected chi connectivity index (χ4v) is 4.07. The Hall–Kier alpha value is 0.0600. The molecule has 96 valence electrons. The summed E-state index contributed by atoms with van der Waals surface area (Å²) in [6.45, 7) is 7.59. The van der Waals surface area contributed by atoms with Crippen LogP contribution in [0.25, 0.3) is 0 Å². The van der Waals surface area contributed by atoms with Crippen LogP contribution in [0, 0.1) is 0 Å². The zero-order valence-corrected chi connectivity index (χ0v) is 12.7. The largest absolute Gasteiger partial charge is 0.373 e. The molecule has 5 heteroatoms. The van der Waals surface area contributed by atoms with Crippen molar-refractivity contribution in [1.82, 2.24) is 4.90 Å². The number of ether oxygens (including phenoxy) is 1. The Morgan fingerprint density at radius 2 is 2.41 bits per heavy atom. The Balaban J connectivity index is 2.16. The normalized spacial score (nSPS) is 22.6. The SMILES string of the molecule is CC1(C)CN(C(CN)c2sccc2Br)CCO1. The maximum Gasteiger partial charge on any atom is 0.0753 e. The molecule has 0 spiro atoms. The van der Waals surface area contributed by atoms with Crippen molar-refractivity contribution in [3.05, 3.63) is 20.8 Å². The van der Waals surface area contributed by atoms with Crippen LogP contribution < -0.4 is 5.73 Å². The van der Waals surface area contributed by atoms with E-state index in [-0.39, 0.29) is 5.60 Å². The predicted molar refractivity (Wildman–Crippen MR) is 75.4 cm³/mol. The molecule has 1 aliphatic heterocycles. The molecule has 0 saturated carbocycles. The van der Waals surface area contributed by atoms with E-state index >= 15 is 0 Å². The first kappa shape index (κ1) is 13.5. The summed E-state index contributed by atoms with van der Waals surface area (Å²) in [5.41, 5.74) is 5.88. The van der Waals surface area contributed by atoms with Crippen LogP contribution in [0.15, 0.2) is 15.9 Å². The van der Waals surface area contributed by atoms with Crippen LogP contribution in [0.3, 0.4) is 0 Å². The van der Waals surface area contributed by atoms with E-state index in [0.717, 1.165) is 19.7 Å². The average molecular weight is 319 g/mol. The average Bonchev–Trinajstić information content (AvgIpc) is 2.65. The third kappa shape index (κ3) is 3.09. The first-order valence-corrected chi connectivity index (χ1v) is 7.52. The van der Waals surface area contributed by atoms with E-state index in [4.69, 9.17) is 10.5 Å². The lowest BCUT2D eigenvalue weighted by atomic mass is 10.0. The number of nitrogens with two attached hydrogens (primary N) is 1. The molecule has 1 aromatic heterocycles. The maximum absolute atomic E-state index is 5.96. The van der Waals surface area contributed by atoms with Gasteiger partial charge in [0.1, 0.15) is 0 Å². The van der Waals surface area contributed by atoms with Gasteiger partial charge in [-0.05, 0) is 41.2 Å². The van der Waals surface area contributed by atoms with Crippen LogP contribution in [0.4, 0.5) is 0 Å². The van der Waals surface area contributed by atoms with E-state index in [1.807, 2.05) is 0 Å². The molecule has 0 amide bonds. The zero-order chi connectivity index (χ0) is 12.5. The van der Waals surface area contributed by atoms with Gasteiger partial charge in [0.15, 0.2) is 0 Å². The minimum Gasteiger partial charge on any atom is -0.373 e. The van der Waals surface area contributed by atoms with Gasteiger partial charge in [-0.25, -0.2) is 0 Å². The Morgan fingerprint density at radius 3 is 2.94 bits per heavy atom. The van der Waals surface area contributed by atoms with Crippen molar-refractivity contribution in [3.63, 3.8) is 0 Å². The third-order valence-electron chi connectivity index (χ3n) is 3.07. The molecule has 1 aromatic rings. The summed E-state index contributed by atoms with van der Waals surface area (Å²) in [5, 5.41) is 2.10. The highest BCUT2D eigenvalue weighted by Gasteiger charge is 2.32. The molecular weight excluding hydrogens is 300 g/mol. The highest BCUT2D eigenvalue weighted by Crippen LogP contribution is 2.34. The molecular formula is C12H19BrN2OS. The molecule has 1 atom stereocenters. The van der Waals surface area contributed by atoms with E-state index in [1.54, 1.807) is 11.3 Å².